The Bertz CT molecular complexity index is 1100. The molecule has 0 radical (unpaired) electrons. The molecule has 1 aromatic heterocycles. The Balaban J connectivity index is 1.26. The molecule has 0 bridgehead atoms. The van der Waals surface area contributed by atoms with Gasteiger partial charge in [-0.25, -0.2) is 4.79 Å². The van der Waals surface area contributed by atoms with Crippen LogP contribution in [0.2, 0.25) is 0 Å². The number of carbonyl (C=O) groups is 2. The van der Waals surface area contributed by atoms with Gasteiger partial charge in [-0.1, -0.05) is 17.7 Å². The van der Waals surface area contributed by atoms with E-state index in [0.29, 0.717) is 32.0 Å². The van der Waals surface area contributed by atoms with Gasteiger partial charge < -0.3 is 29.8 Å². The largest absolute Gasteiger partial charge is 0.381 e. The molecule has 3 amide bonds. The number of imidazole rings is 1. The van der Waals surface area contributed by atoms with Crippen LogP contribution in [0.4, 0.5) is 16.3 Å². The van der Waals surface area contributed by atoms with Crippen LogP contribution in [0.1, 0.15) is 42.6 Å². The van der Waals surface area contributed by atoms with E-state index in [0.717, 1.165) is 42.6 Å². The van der Waals surface area contributed by atoms with E-state index in [9.17, 15) is 19.7 Å². The molecule has 10 heteroatoms. The number of hydrogen-bond acceptors (Lipinski definition) is 5. The number of aromatic nitrogens is 2. The lowest BCUT2D eigenvalue weighted by atomic mass is 9.78. The second kappa shape index (κ2) is 9.44. The van der Waals surface area contributed by atoms with Gasteiger partial charge in [0.1, 0.15) is 6.20 Å². The van der Waals surface area contributed by atoms with Gasteiger partial charge in [-0.2, -0.15) is 0 Å². The molecule has 1 N–H and O–H groups in total. The second-order valence-corrected chi connectivity index (χ2v) is 9.65. The molecule has 0 unspecified atom stereocenters. The molecule has 34 heavy (non-hydrogen) atoms. The van der Waals surface area contributed by atoms with Crippen molar-refractivity contribution >= 4 is 23.4 Å². The van der Waals surface area contributed by atoms with E-state index < -0.39 is 4.92 Å². The maximum atomic E-state index is 12.8. The fourth-order valence-corrected chi connectivity index (χ4v) is 5.07. The fourth-order valence-electron chi connectivity index (χ4n) is 5.07. The van der Waals surface area contributed by atoms with Crippen LogP contribution in [0, 0.1) is 36.3 Å². The number of aryl methyl sites for hydroxylation is 4. The number of nitrogens with one attached hydrogen (secondary N) is 1. The first-order chi connectivity index (χ1) is 16.2. The lowest BCUT2D eigenvalue weighted by molar-refractivity contribution is -0.389. The summed E-state index contributed by atoms with van der Waals surface area (Å²) in [5, 5.41) is 13.9. The van der Waals surface area contributed by atoms with Gasteiger partial charge in [0.2, 0.25) is 11.7 Å². The number of hydrogen-bond donors (Lipinski definition) is 1. The summed E-state index contributed by atoms with van der Waals surface area (Å²) in [6.07, 6.45) is 4.37. The highest BCUT2D eigenvalue weighted by atomic mass is 16.6. The van der Waals surface area contributed by atoms with E-state index in [1.165, 1.54) is 6.20 Å². The van der Waals surface area contributed by atoms with Gasteiger partial charge >= 0.3 is 11.8 Å². The lowest BCUT2D eigenvalue weighted by Gasteiger charge is -2.39. The molecule has 2 aliphatic heterocycles. The molecule has 1 spiro atoms. The molecule has 2 aromatic rings. The highest BCUT2D eigenvalue weighted by molar-refractivity contribution is 5.90. The average Bonchev–Trinajstić information content (AvgIpc) is 3.38. The number of rotatable bonds is 5. The van der Waals surface area contributed by atoms with E-state index in [-0.39, 0.29) is 29.6 Å². The van der Waals surface area contributed by atoms with Crippen molar-refractivity contribution in [1.29, 1.82) is 0 Å². The van der Waals surface area contributed by atoms with Gasteiger partial charge in [-0.15, -0.1) is 0 Å². The SMILES string of the molecule is Cc1ccc(NC(=O)N2CCC3(CCN(C(=O)CCn4cc([N+](=O)[O-])nc4C)C3)CC2)c(C)c1. The predicted octanol–water partition coefficient (Wildman–Crippen LogP) is 3.65. The van der Waals surface area contributed by atoms with Crippen LogP contribution in [-0.4, -0.2) is 62.4 Å². The zero-order valence-corrected chi connectivity index (χ0v) is 20.0. The smallest absolute Gasteiger partial charge is 0.358 e. The molecule has 0 aliphatic carbocycles. The van der Waals surface area contributed by atoms with Gasteiger partial charge in [0, 0.05) is 51.8 Å². The third kappa shape index (κ3) is 5.05. The second-order valence-electron chi connectivity index (χ2n) is 9.65. The summed E-state index contributed by atoms with van der Waals surface area (Å²) >= 11 is 0. The predicted molar refractivity (Wildman–Crippen MR) is 128 cm³/mol. The Labute approximate surface area is 199 Å². The van der Waals surface area contributed by atoms with Crippen molar-refractivity contribution in [2.24, 2.45) is 5.41 Å². The number of amides is 3. The summed E-state index contributed by atoms with van der Waals surface area (Å²) in [6, 6.07) is 5.92. The molecule has 0 atom stereocenters. The number of nitro groups is 1. The van der Waals surface area contributed by atoms with E-state index in [1.807, 2.05) is 35.8 Å². The molecule has 10 nitrogen and oxygen atoms in total. The Morgan fingerprint density at radius 3 is 2.41 bits per heavy atom. The third-order valence-electron chi connectivity index (χ3n) is 7.24. The minimum absolute atomic E-state index is 0.0580. The van der Waals surface area contributed by atoms with Crippen molar-refractivity contribution in [1.82, 2.24) is 19.4 Å². The van der Waals surface area contributed by atoms with Crippen molar-refractivity contribution in [3.05, 3.63) is 51.5 Å². The minimum atomic E-state index is -0.524. The number of urea groups is 1. The molecule has 1 aromatic carbocycles. The highest BCUT2D eigenvalue weighted by Crippen LogP contribution is 2.40. The standard InChI is InChI=1S/C24H32N6O4/c1-17-4-5-20(18(2)14-17)26-23(32)27-11-7-24(8-12-27)9-13-29(16-24)22(31)6-10-28-15-21(30(33)34)25-19(28)3/h4-5,14-15H,6-13,16H2,1-3H3,(H,26,32). The minimum Gasteiger partial charge on any atom is -0.358 e. The number of nitrogens with zero attached hydrogens (tertiary/aromatic N) is 5. The summed E-state index contributed by atoms with van der Waals surface area (Å²) in [6.45, 7) is 8.88. The van der Waals surface area contributed by atoms with E-state index in [1.54, 1.807) is 11.5 Å². The molecule has 2 fully saturated rings. The van der Waals surface area contributed by atoms with Crippen molar-refractivity contribution in [2.75, 3.05) is 31.5 Å². The zero-order valence-electron chi connectivity index (χ0n) is 20.0. The normalized spacial score (nSPS) is 17.3. The van der Waals surface area contributed by atoms with Crippen LogP contribution in [0.25, 0.3) is 0 Å². The summed E-state index contributed by atoms with van der Waals surface area (Å²) < 4.78 is 1.66. The van der Waals surface area contributed by atoms with Crippen LogP contribution in [0.3, 0.4) is 0 Å². The number of likely N-dealkylation sites (tertiary alicyclic amines) is 2. The lowest BCUT2D eigenvalue weighted by Crippen LogP contribution is -2.46. The summed E-state index contributed by atoms with van der Waals surface area (Å²) in [7, 11) is 0. The van der Waals surface area contributed by atoms with Crippen molar-refractivity contribution < 1.29 is 14.5 Å². The molecular formula is C24H32N6O4. The molecule has 2 saturated heterocycles. The quantitative estimate of drug-likeness (QED) is 0.531. The van der Waals surface area contributed by atoms with E-state index >= 15 is 0 Å². The van der Waals surface area contributed by atoms with E-state index in [4.69, 9.17) is 0 Å². The number of benzene rings is 1. The van der Waals surface area contributed by atoms with Crippen LogP contribution in [0.5, 0.6) is 0 Å². The Morgan fingerprint density at radius 1 is 1.12 bits per heavy atom. The molecule has 182 valence electrons. The molecule has 4 rings (SSSR count). The first-order valence-corrected chi connectivity index (χ1v) is 11.7. The number of piperidine rings is 1. The van der Waals surface area contributed by atoms with Crippen molar-refractivity contribution in [3.8, 4) is 0 Å². The molecular weight excluding hydrogens is 436 g/mol. The summed E-state index contributed by atoms with van der Waals surface area (Å²) in [4.78, 5) is 43.6. The van der Waals surface area contributed by atoms with Crippen LogP contribution >= 0.6 is 0 Å². The summed E-state index contributed by atoms with van der Waals surface area (Å²) in [5.74, 6) is 0.393. The molecule has 3 heterocycles. The van der Waals surface area contributed by atoms with Crippen molar-refractivity contribution in [3.63, 3.8) is 0 Å². The zero-order chi connectivity index (χ0) is 24.5. The van der Waals surface area contributed by atoms with E-state index in [2.05, 4.69) is 16.4 Å². The van der Waals surface area contributed by atoms with Gasteiger partial charge in [0.25, 0.3) is 0 Å². The van der Waals surface area contributed by atoms with Crippen LogP contribution in [-0.2, 0) is 11.3 Å². The highest BCUT2D eigenvalue weighted by Gasteiger charge is 2.42. The maximum absolute atomic E-state index is 12.8. The number of carbonyl (C=O) groups excluding carboxylic acids is 2. The fraction of sp³-hybridized carbons (Fsp3) is 0.542. The maximum Gasteiger partial charge on any atom is 0.381 e. The Hall–Kier alpha value is -3.43. The van der Waals surface area contributed by atoms with Gasteiger partial charge in [-0.3, -0.25) is 4.79 Å². The monoisotopic (exact) mass is 468 g/mol. The first kappa shape index (κ1) is 23.7. The Kier molecular flexibility index (Phi) is 6.58. The van der Waals surface area contributed by atoms with Gasteiger partial charge in [0.05, 0.1) is 0 Å². The Morgan fingerprint density at radius 2 is 1.79 bits per heavy atom. The van der Waals surface area contributed by atoms with Crippen molar-refractivity contribution in [2.45, 2.75) is 53.0 Å². The third-order valence-corrected chi connectivity index (χ3v) is 7.24. The molecule has 0 saturated carbocycles. The summed E-state index contributed by atoms with van der Waals surface area (Å²) in [5.41, 5.74) is 3.12. The van der Waals surface area contributed by atoms with Gasteiger partial charge in [0.15, 0.2) is 0 Å². The average molecular weight is 469 g/mol. The first-order valence-electron chi connectivity index (χ1n) is 11.7. The van der Waals surface area contributed by atoms with Gasteiger partial charge in [-0.05, 0) is 60.1 Å². The van der Waals surface area contributed by atoms with Crippen LogP contribution < -0.4 is 5.32 Å². The number of anilines is 1. The molecule has 2 aliphatic rings. The topological polar surface area (TPSA) is 114 Å². The van der Waals surface area contributed by atoms with Crippen LogP contribution in [0.15, 0.2) is 24.4 Å².